The van der Waals surface area contributed by atoms with Crippen molar-refractivity contribution in [3.05, 3.63) is 22.6 Å². The number of anilines is 1. The van der Waals surface area contributed by atoms with E-state index in [2.05, 4.69) is 30.9 Å². The fourth-order valence-corrected chi connectivity index (χ4v) is 2.97. The van der Waals surface area contributed by atoms with Crippen LogP contribution in [0, 0.1) is 0 Å². The molecule has 0 radical (unpaired) electrons. The number of halogens is 2. The Morgan fingerprint density at radius 2 is 2.08 bits per heavy atom. The number of aromatic nitrogens is 4. The number of alkyl halides is 1. The topological polar surface area (TPSA) is 78.8 Å². The maximum Gasteiger partial charge on any atom is 0.152 e. The number of pyridine rings is 2. The predicted molar refractivity (Wildman–Crippen MR) is 95.5 cm³/mol. The molecule has 3 rings (SSSR count). The van der Waals surface area contributed by atoms with Gasteiger partial charge in [0.25, 0.3) is 0 Å². The van der Waals surface area contributed by atoms with Crippen molar-refractivity contribution < 1.29 is 9.13 Å². The first-order valence-electron chi connectivity index (χ1n) is 7.66. The minimum atomic E-state index is -1.42. The van der Waals surface area contributed by atoms with Gasteiger partial charge in [-0.3, -0.25) is 4.98 Å². The lowest BCUT2D eigenvalue weighted by Crippen LogP contribution is -2.22. The number of fused-ring (bicyclic) bond motifs is 3. The molecular weight excluding hydrogens is 377 g/mol. The normalized spacial score (nSPS) is 12.4. The van der Waals surface area contributed by atoms with Gasteiger partial charge in [0.2, 0.25) is 0 Å². The summed E-state index contributed by atoms with van der Waals surface area (Å²) >= 11 is 3.38. The largest absolute Gasteiger partial charge is 0.382 e. The molecule has 0 saturated carbocycles. The Morgan fingerprint density at radius 1 is 1.33 bits per heavy atom. The number of nitrogen functional groups attached to an aromatic ring is 1. The van der Waals surface area contributed by atoms with Gasteiger partial charge in [-0.1, -0.05) is 0 Å². The Hall–Kier alpha value is -1.80. The highest BCUT2D eigenvalue weighted by atomic mass is 79.9. The van der Waals surface area contributed by atoms with Crippen LogP contribution in [0.3, 0.4) is 0 Å². The van der Waals surface area contributed by atoms with Crippen molar-refractivity contribution in [1.82, 2.24) is 19.5 Å². The van der Waals surface area contributed by atoms with Crippen LogP contribution >= 0.6 is 15.9 Å². The smallest absolute Gasteiger partial charge is 0.152 e. The van der Waals surface area contributed by atoms with Gasteiger partial charge in [0, 0.05) is 17.3 Å². The van der Waals surface area contributed by atoms with Gasteiger partial charge in [-0.05, 0) is 42.8 Å². The molecule has 3 heterocycles. The standard InChI is InChI=1S/C16H19BrFN5O/c1-4-24-7-11-22-13-14(23(11)8-16(2,3)18)12-10(21-15(13)19)5-9(17)6-20-12/h5-6H,4,7-8H2,1-3H3,(H2,19,21). The summed E-state index contributed by atoms with van der Waals surface area (Å²) in [5.74, 6) is 0.911. The molecule has 0 aliphatic carbocycles. The molecular formula is C16H19BrFN5O. The van der Waals surface area contributed by atoms with Gasteiger partial charge in [-0.2, -0.15) is 0 Å². The molecule has 0 amide bonds. The zero-order valence-corrected chi connectivity index (χ0v) is 15.4. The third-order valence-corrected chi connectivity index (χ3v) is 3.99. The van der Waals surface area contributed by atoms with Crippen LogP contribution in [0.2, 0.25) is 0 Å². The molecule has 2 N–H and O–H groups in total. The quantitative estimate of drug-likeness (QED) is 0.713. The number of imidazole rings is 1. The molecule has 8 heteroatoms. The van der Waals surface area contributed by atoms with Gasteiger partial charge in [-0.15, -0.1) is 0 Å². The van der Waals surface area contributed by atoms with Crippen LogP contribution in [0.15, 0.2) is 16.7 Å². The average Bonchev–Trinajstić information content (AvgIpc) is 2.82. The maximum atomic E-state index is 14.4. The summed E-state index contributed by atoms with van der Waals surface area (Å²) in [6.45, 7) is 5.90. The molecule has 6 nitrogen and oxygen atoms in total. The molecule has 128 valence electrons. The first kappa shape index (κ1) is 17.0. The highest BCUT2D eigenvalue weighted by Gasteiger charge is 2.24. The summed E-state index contributed by atoms with van der Waals surface area (Å²) < 4.78 is 22.5. The van der Waals surface area contributed by atoms with E-state index in [0.717, 1.165) is 4.47 Å². The van der Waals surface area contributed by atoms with Gasteiger partial charge in [0.15, 0.2) is 5.82 Å². The van der Waals surface area contributed by atoms with Gasteiger partial charge >= 0.3 is 0 Å². The van der Waals surface area contributed by atoms with Crippen LogP contribution in [0.4, 0.5) is 10.2 Å². The van der Waals surface area contributed by atoms with Gasteiger partial charge < -0.3 is 15.0 Å². The molecule has 0 aliphatic rings. The Kier molecular flexibility index (Phi) is 4.44. The van der Waals surface area contributed by atoms with E-state index >= 15 is 0 Å². The second-order valence-electron chi connectivity index (χ2n) is 6.19. The SMILES string of the molecule is CCOCc1nc2c(N)nc3cc(Br)cnc3c2n1CC(C)(C)F. The molecule has 0 fully saturated rings. The molecule has 0 bridgehead atoms. The van der Waals surface area contributed by atoms with Crippen LogP contribution in [0.25, 0.3) is 22.1 Å². The third-order valence-electron chi connectivity index (χ3n) is 3.56. The second kappa shape index (κ2) is 6.25. The van der Waals surface area contributed by atoms with Crippen molar-refractivity contribution in [2.45, 2.75) is 39.6 Å². The van der Waals surface area contributed by atoms with E-state index in [1.165, 1.54) is 13.8 Å². The molecule has 0 saturated heterocycles. The van der Waals surface area contributed by atoms with E-state index in [1.54, 1.807) is 10.8 Å². The van der Waals surface area contributed by atoms with Gasteiger partial charge in [-0.25, -0.2) is 14.4 Å². The molecule has 24 heavy (non-hydrogen) atoms. The van der Waals surface area contributed by atoms with Crippen LogP contribution in [-0.4, -0.2) is 31.8 Å². The Balaban J connectivity index is 2.34. The van der Waals surface area contributed by atoms with Crippen LogP contribution in [0.1, 0.15) is 26.6 Å². The monoisotopic (exact) mass is 395 g/mol. The van der Waals surface area contributed by atoms with Crippen molar-refractivity contribution in [2.24, 2.45) is 0 Å². The van der Waals surface area contributed by atoms with Crippen molar-refractivity contribution in [3.63, 3.8) is 0 Å². The zero-order valence-electron chi connectivity index (χ0n) is 13.8. The summed E-state index contributed by atoms with van der Waals surface area (Å²) in [5, 5.41) is 0. The average molecular weight is 396 g/mol. The van der Waals surface area contributed by atoms with E-state index in [0.29, 0.717) is 40.3 Å². The Morgan fingerprint density at radius 3 is 2.75 bits per heavy atom. The van der Waals surface area contributed by atoms with Crippen LogP contribution in [0.5, 0.6) is 0 Å². The number of ether oxygens (including phenoxy) is 1. The van der Waals surface area contributed by atoms with E-state index < -0.39 is 5.67 Å². The van der Waals surface area contributed by atoms with Crippen molar-refractivity contribution in [3.8, 4) is 0 Å². The summed E-state index contributed by atoms with van der Waals surface area (Å²) in [7, 11) is 0. The number of hydrogen-bond donors (Lipinski definition) is 1. The molecule has 0 aromatic carbocycles. The Labute approximate surface area is 147 Å². The fraction of sp³-hybridized carbons (Fsp3) is 0.438. The molecule has 0 aliphatic heterocycles. The summed E-state index contributed by atoms with van der Waals surface area (Å²) in [6.07, 6.45) is 1.68. The van der Waals surface area contributed by atoms with Crippen LogP contribution < -0.4 is 5.73 Å². The van der Waals surface area contributed by atoms with Crippen molar-refractivity contribution in [2.75, 3.05) is 12.3 Å². The van der Waals surface area contributed by atoms with E-state index in [9.17, 15) is 4.39 Å². The summed E-state index contributed by atoms with van der Waals surface area (Å²) in [5.41, 5.74) is 7.15. The minimum absolute atomic E-state index is 0.127. The van der Waals surface area contributed by atoms with E-state index in [-0.39, 0.29) is 13.2 Å². The highest BCUT2D eigenvalue weighted by Crippen LogP contribution is 2.30. The number of nitrogens with two attached hydrogens (primary N) is 1. The lowest BCUT2D eigenvalue weighted by atomic mass is 10.1. The number of rotatable bonds is 5. The molecule has 0 unspecified atom stereocenters. The highest BCUT2D eigenvalue weighted by molar-refractivity contribution is 9.10. The fourth-order valence-electron chi connectivity index (χ4n) is 2.65. The molecule has 0 atom stereocenters. The molecule has 3 aromatic heterocycles. The van der Waals surface area contributed by atoms with Gasteiger partial charge in [0.05, 0.1) is 12.1 Å². The molecule has 3 aromatic rings. The molecule has 0 spiro atoms. The summed E-state index contributed by atoms with van der Waals surface area (Å²) in [6, 6.07) is 1.83. The van der Waals surface area contributed by atoms with E-state index in [1.807, 2.05) is 13.0 Å². The maximum absolute atomic E-state index is 14.4. The number of nitrogens with zero attached hydrogens (tertiary/aromatic N) is 4. The second-order valence-corrected chi connectivity index (χ2v) is 7.10. The zero-order chi connectivity index (χ0) is 17.5. The predicted octanol–water partition coefficient (Wildman–Crippen LogP) is 3.61. The van der Waals surface area contributed by atoms with Crippen molar-refractivity contribution >= 4 is 43.8 Å². The first-order valence-corrected chi connectivity index (χ1v) is 8.46. The first-order chi connectivity index (χ1) is 11.3. The van der Waals surface area contributed by atoms with Crippen LogP contribution in [-0.2, 0) is 17.9 Å². The Bertz CT molecular complexity index is 903. The lowest BCUT2D eigenvalue weighted by molar-refractivity contribution is 0.120. The van der Waals surface area contributed by atoms with Gasteiger partial charge in [0.1, 0.15) is 34.7 Å². The number of hydrogen-bond acceptors (Lipinski definition) is 5. The summed E-state index contributed by atoms with van der Waals surface area (Å²) in [4.78, 5) is 13.4. The lowest BCUT2D eigenvalue weighted by Gasteiger charge is -2.18. The minimum Gasteiger partial charge on any atom is -0.382 e. The van der Waals surface area contributed by atoms with E-state index in [4.69, 9.17) is 10.5 Å². The third kappa shape index (κ3) is 3.21. The van der Waals surface area contributed by atoms with Crippen molar-refractivity contribution in [1.29, 1.82) is 0 Å².